The van der Waals surface area contributed by atoms with Crippen molar-refractivity contribution < 1.29 is 13.9 Å². The molecule has 5 rings (SSSR count). The number of piperazine rings is 1. The van der Waals surface area contributed by atoms with Gasteiger partial charge in [-0.15, -0.1) is 0 Å². The van der Waals surface area contributed by atoms with Gasteiger partial charge in [0.25, 0.3) is 0 Å². The molecule has 0 aliphatic carbocycles. The molecule has 7 nitrogen and oxygen atoms in total. The van der Waals surface area contributed by atoms with Crippen molar-refractivity contribution >= 4 is 28.6 Å². The van der Waals surface area contributed by atoms with Crippen LogP contribution >= 0.6 is 0 Å². The van der Waals surface area contributed by atoms with E-state index >= 15 is 0 Å². The minimum atomic E-state index is -0.424. The van der Waals surface area contributed by atoms with E-state index in [9.17, 15) is 9.18 Å². The van der Waals surface area contributed by atoms with Crippen LogP contribution in [0.15, 0.2) is 66.9 Å². The number of benzene rings is 2. The van der Waals surface area contributed by atoms with Gasteiger partial charge in [-0.2, -0.15) is 0 Å². The van der Waals surface area contributed by atoms with E-state index in [4.69, 9.17) is 14.7 Å². The topological polar surface area (TPSA) is 71.5 Å². The van der Waals surface area contributed by atoms with Crippen molar-refractivity contribution in [2.75, 3.05) is 43.1 Å². The number of nitrogens with zero attached hydrogens (tertiary/aromatic N) is 5. The second-order valence-corrected chi connectivity index (χ2v) is 7.76. The van der Waals surface area contributed by atoms with E-state index in [-0.39, 0.29) is 5.82 Å². The average Bonchev–Trinajstić information content (AvgIpc) is 2.88. The second-order valence-electron chi connectivity index (χ2n) is 7.76. The van der Waals surface area contributed by atoms with Crippen LogP contribution in [0.1, 0.15) is 10.4 Å². The predicted octanol–water partition coefficient (Wildman–Crippen LogP) is 3.94. The van der Waals surface area contributed by atoms with Crippen LogP contribution in [0.4, 0.5) is 16.0 Å². The Bertz CT molecular complexity index is 1290. The van der Waals surface area contributed by atoms with Crippen LogP contribution < -0.4 is 9.80 Å². The zero-order valence-corrected chi connectivity index (χ0v) is 18.1. The maximum Gasteiger partial charge on any atom is 0.337 e. The van der Waals surface area contributed by atoms with Gasteiger partial charge in [0.2, 0.25) is 0 Å². The summed E-state index contributed by atoms with van der Waals surface area (Å²) in [5.74, 6) is 0.924. The number of ether oxygens (including phenoxy) is 1. The molecular formula is C25H22FN5O2. The molecule has 0 unspecified atom stereocenters. The highest BCUT2D eigenvalue weighted by Gasteiger charge is 2.23. The summed E-state index contributed by atoms with van der Waals surface area (Å²) >= 11 is 0. The van der Waals surface area contributed by atoms with Crippen LogP contribution in [0.25, 0.3) is 22.3 Å². The molecule has 8 heteroatoms. The molecule has 0 saturated carbocycles. The molecule has 1 saturated heterocycles. The SMILES string of the molecule is COC(=O)c1ccc2nc(-c3ccc(F)cc3)c(N3CCN(c4ccccn4)CC3)nc2c1. The number of carbonyl (C=O) groups excluding carboxylic acids is 1. The minimum Gasteiger partial charge on any atom is -0.465 e. The number of pyridine rings is 1. The molecular weight excluding hydrogens is 421 g/mol. The van der Waals surface area contributed by atoms with E-state index in [1.807, 2.05) is 18.2 Å². The van der Waals surface area contributed by atoms with E-state index in [1.165, 1.54) is 19.2 Å². The Labute approximate surface area is 190 Å². The maximum atomic E-state index is 13.6. The third-order valence-corrected chi connectivity index (χ3v) is 5.74. The van der Waals surface area contributed by atoms with Crippen molar-refractivity contribution in [3.63, 3.8) is 0 Å². The molecule has 1 aliphatic rings. The van der Waals surface area contributed by atoms with Gasteiger partial charge in [-0.3, -0.25) is 0 Å². The number of aromatic nitrogens is 3. The first-order valence-electron chi connectivity index (χ1n) is 10.7. The number of rotatable bonds is 4. The van der Waals surface area contributed by atoms with Crippen LogP contribution in [0.5, 0.6) is 0 Å². The van der Waals surface area contributed by atoms with Gasteiger partial charge in [0, 0.05) is 37.9 Å². The first kappa shape index (κ1) is 20.8. The summed E-state index contributed by atoms with van der Waals surface area (Å²) in [6.07, 6.45) is 1.79. The van der Waals surface area contributed by atoms with Gasteiger partial charge in [-0.1, -0.05) is 6.07 Å². The molecule has 2 aromatic heterocycles. The molecule has 1 aliphatic heterocycles. The number of hydrogen-bond acceptors (Lipinski definition) is 7. The number of halogens is 1. The van der Waals surface area contributed by atoms with Gasteiger partial charge in [0.05, 0.1) is 23.7 Å². The van der Waals surface area contributed by atoms with Crippen molar-refractivity contribution in [3.8, 4) is 11.3 Å². The lowest BCUT2D eigenvalue weighted by Gasteiger charge is -2.36. The number of hydrogen-bond donors (Lipinski definition) is 0. The molecule has 2 aromatic carbocycles. The summed E-state index contributed by atoms with van der Waals surface area (Å²) in [5, 5.41) is 0. The summed E-state index contributed by atoms with van der Waals surface area (Å²) in [6, 6.07) is 17.3. The Balaban J connectivity index is 1.54. The zero-order valence-electron chi connectivity index (χ0n) is 18.1. The molecule has 4 aromatic rings. The lowest BCUT2D eigenvalue weighted by atomic mass is 10.1. The summed E-state index contributed by atoms with van der Waals surface area (Å²) in [7, 11) is 1.35. The Morgan fingerprint density at radius 1 is 0.909 bits per heavy atom. The normalized spacial score (nSPS) is 13.9. The number of esters is 1. The highest BCUT2D eigenvalue weighted by Crippen LogP contribution is 2.31. The second kappa shape index (κ2) is 8.82. The molecule has 0 atom stereocenters. The molecule has 0 bridgehead atoms. The fourth-order valence-corrected chi connectivity index (χ4v) is 4.00. The molecule has 166 valence electrons. The van der Waals surface area contributed by atoms with Crippen molar-refractivity contribution in [1.29, 1.82) is 0 Å². The Hall–Kier alpha value is -4.07. The summed E-state index contributed by atoms with van der Waals surface area (Å²) < 4.78 is 18.4. The molecule has 1 fully saturated rings. The van der Waals surface area contributed by atoms with E-state index < -0.39 is 5.97 Å². The first-order chi connectivity index (χ1) is 16.1. The fraction of sp³-hybridized carbons (Fsp3) is 0.200. The van der Waals surface area contributed by atoms with Crippen LogP contribution in [-0.2, 0) is 4.74 Å². The van der Waals surface area contributed by atoms with Gasteiger partial charge in [-0.25, -0.2) is 24.1 Å². The van der Waals surface area contributed by atoms with Crippen molar-refractivity contribution in [3.05, 3.63) is 78.2 Å². The number of anilines is 2. The van der Waals surface area contributed by atoms with E-state index in [2.05, 4.69) is 14.8 Å². The van der Waals surface area contributed by atoms with E-state index in [0.717, 1.165) is 37.6 Å². The summed E-state index contributed by atoms with van der Waals surface area (Å²) in [5.41, 5.74) is 3.13. The standard InChI is InChI=1S/C25H22FN5O2/c1-33-25(32)18-7-10-20-21(16-18)29-24(23(28-20)17-5-8-19(26)9-6-17)31-14-12-30(13-15-31)22-4-2-3-11-27-22/h2-11,16H,12-15H2,1H3. The van der Waals surface area contributed by atoms with Gasteiger partial charge in [0.15, 0.2) is 5.82 Å². The highest BCUT2D eigenvalue weighted by molar-refractivity contribution is 5.94. The lowest BCUT2D eigenvalue weighted by molar-refractivity contribution is 0.0601. The van der Waals surface area contributed by atoms with Crippen LogP contribution in [0.2, 0.25) is 0 Å². The van der Waals surface area contributed by atoms with Crippen molar-refractivity contribution in [2.24, 2.45) is 0 Å². The Morgan fingerprint density at radius 3 is 2.36 bits per heavy atom. The van der Waals surface area contributed by atoms with E-state index in [1.54, 1.807) is 36.5 Å². The molecule has 33 heavy (non-hydrogen) atoms. The molecule has 0 amide bonds. The van der Waals surface area contributed by atoms with Gasteiger partial charge >= 0.3 is 5.97 Å². The third kappa shape index (κ3) is 4.19. The predicted molar refractivity (Wildman–Crippen MR) is 125 cm³/mol. The van der Waals surface area contributed by atoms with Gasteiger partial charge < -0.3 is 14.5 Å². The fourth-order valence-electron chi connectivity index (χ4n) is 4.00. The monoisotopic (exact) mass is 443 g/mol. The Morgan fingerprint density at radius 2 is 1.67 bits per heavy atom. The van der Waals surface area contributed by atoms with Crippen LogP contribution in [-0.4, -0.2) is 54.2 Å². The molecule has 0 spiro atoms. The van der Waals surface area contributed by atoms with Crippen molar-refractivity contribution in [2.45, 2.75) is 0 Å². The molecule has 0 N–H and O–H groups in total. The average molecular weight is 443 g/mol. The lowest BCUT2D eigenvalue weighted by Crippen LogP contribution is -2.47. The summed E-state index contributed by atoms with van der Waals surface area (Å²) in [6.45, 7) is 3.01. The zero-order chi connectivity index (χ0) is 22.8. The van der Waals surface area contributed by atoms with Gasteiger partial charge in [0.1, 0.15) is 17.3 Å². The summed E-state index contributed by atoms with van der Waals surface area (Å²) in [4.78, 5) is 30.6. The van der Waals surface area contributed by atoms with Crippen LogP contribution in [0.3, 0.4) is 0 Å². The Kier molecular flexibility index (Phi) is 5.56. The minimum absolute atomic E-state index is 0.305. The number of fused-ring (bicyclic) bond motifs is 1. The van der Waals surface area contributed by atoms with E-state index in [0.29, 0.717) is 28.1 Å². The molecule has 0 radical (unpaired) electrons. The number of methoxy groups -OCH3 is 1. The first-order valence-corrected chi connectivity index (χ1v) is 10.7. The molecule has 3 heterocycles. The third-order valence-electron chi connectivity index (χ3n) is 5.74. The largest absolute Gasteiger partial charge is 0.465 e. The maximum absolute atomic E-state index is 13.6. The quantitative estimate of drug-likeness (QED) is 0.443. The van der Waals surface area contributed by atoms with Gasteiger partial charge in [-0.05, 0) is 54.6 Å². The number of carbonyl (C=O) groups is 1. The van der Waals surface area contributed by atoms with Crippen molar-refractivity contribution in [1.82, 2.24) is 15.0 Å². The van der Waals surface area contributed by atoms with Crippen LogP contribution in [0, 0.1) is 5.82 Å². The highest BCUT2D eigenvalue weighted by atomic mass is 19.1. The smallest absolute Gasteiger partial charge is 0.337 e.